The van der Waals surface area contributed by atoms with Crippen molar-refractivity contribution >= 4 is 22.4 Å². The van der Waals surface area contributed by atoms with Gasteiger partial charge in [-0.25, -0.2) is 9.37 Å². The summed E-state index contributed by atoms with van der Waals surface area (Å²) in [5.41, 5.74) is 0. The molecule has 3 rings (SSSR count). The van der Waals surface area contributed by atoms with Crippen LogP contribution in [0, 0.1) is 11.7 Å². The van der Waals surface area contributed by atoms with Gasteiger partial charge in [0.2, 0.25) is 5.91 Å². The van der Waals surface area contributed by atoms with Gasteiger partial charge < -0.3 is 19.9 Å². The van der Waals surface area contributed by atoms with Crippen molar-refractivity contribution in [1.29, 1.82) is 0 Å². The Morgan fingerprint density at radius 3 is 2.81 bits per heavy atom. The molecule has 1 heterocycles. The molecule has 140 valence electrons. The molecule has 0 radical (unpaired) electrons. The van der Waals surface area contributed by atoms with Crippen LogP contribution in [-0.4, -0.2) is 28.7 Å². The molecular formula is C16H15F3N2O4S. The van der Waals surface area contributed by atoms with Crippen LogP contribution in [0.3, 0.4) is 0 Å². The molecule has 0 aliphatic heterocycles. The second-order valence-electron chi connectivity index (χ2n) is 5.66. The maximum absolute atomic E-state index is 13.3. The molecule has 1 aromatic heterocycles. The van der Waals surface area contributed by atoms with Gasteiger partial charge in [0.05, 0.1) is 11.5 Å². The van der Waals surface area contributed by atoms with Crippen molar-refractivity contribution in [3.05, 3.63) is 35.1 Å². The number of benzene rings is 1. The number of nitrogens with zero attached hydrogens (tertiary/aromatic N) is 1. The number of aliphatic hydroxyl groups excluding tert-OH is 1. The van der Waals surface area contributed by atoms with Crippen LogP contribution in [0.2, 0.25) is 0 Å². The van der Waals surface area contributed by atoms with Crippen molar-refractivity contribution in [2.24, 2.45) is 5.92 Å². The molecule has 26 heavy (non-hydrogen) atoms. The van der Waals surface area contributed by atoms with Gasteiger partial charge in [0.1, 0.15) is 11.9 Å². The van der Waals surface area contributed by atoms with Crippen LogP contribution in [0.4, 0.5) is 18.3 Å². The Morgan fingerprint density at radius 1 is 1.38 bits per heavy atom. The molecule has 1 aliphatic rings. The van der Waals surface area contributed by atoms with E-state index in [0.29, 0.717) is 22.9 Å². The van der Waals surface area contributed by atoms with Crippen LogP contribution < -0.4 is 14.8 Å². The first kappa shape index (κ1) is 18.5. The molecule has 1 aliphatic carbocycles. The molecule has 0 saturated heterocycles. The van der Waals surface area contributed by atoms with Crippen LogP contribution in [0.25, 0.3) is 0 Å². The number of rotatable bonds is 7. The molecule has 1 amide bonds. The number of hydrogen-bond acceptors (Lipinski definition) is 6. The van der Waals surface area contributed by atoms with Crippen LogP contribution in [-0.2, 0) is 11.4 Å². The van der Waals surface area contributed by atoms with Crippen LogP contribution in [0.5, 0.6) is 11.5 Å². The first-order chi connectivity index (χ1) is 12.4. The van der Waals surface area contributed by atoms with Gasteiger partial charge in [-0.05, 0) is 25.0 Å². The minimum atomic E-state index is -3.05. The molecule has 1 fully saturated rings. The molecule has 0 unspecified atom stereocenters. The van der Waals surface area contributed by atoms with Gasteiger partial charge in [0.25, 0.3) is 0 Å². The predicted molar refractivity (Wildman–Crippen MR) is 86.8 cm³/mol. The largest absolute Gasteiger partial charge is 0.486 e. The molecule has 2 aromatic rings. The second-order valence-corrected chi connectivity index (χ2v) is 6.77. The fourth-order valence-corrected chi connectivity index (χ4v) is 3.14. The van der Waals surface area contributed by atoms with E-state index < -0.39 is 18.5 Å². The number of anilines is 1. The summed E-state index contributed by atoms with van der Waals surface area (Å²) < 4.78 is 47.9. The van der Waals surface area contributed by atoms with Gasteiger partial charge >= 0.3 is 6.61 Å². The van der Waals surface area contributed by atoms with E-state index in [-0.39, 0.29) is 29.9 Å². The molecular weight excluding hydrogens is 373 g/mol. The standard InChI is InChI=1S/C16H15F3N2O4S/c17-9-1-2-12(25-15(18)19)13(5-9)24-10-3-8(4-10)14(23)21-16-20-6-11(7-22)26-16/h1-2,5-6,8,10,15,22H,3-4,7H2,(H,20,21,23). The number of halogens is 3. The number of carbonyl (C=O) groups excluding carboxylic acids is 1. The van der Waals surface area contributed by atoms with Crippen LogP contribution >= 0.6 is 11.3 Å². The zero-order valence-electron chi connectivity index (χ0n) is 13.3. The van der Waals surface area contributed by atoms with Crippen molar-refractivity contribution in [1.82, 2.24) is 4.98 Å². The lowest BCUT2D eigenvalue weighted by Gasteiger charge is -2.34. The summed E-state index contributed by atoms with van der Waals surface area (Å²) in [7, 11) is 0. The number of hydrogen-bond donors (Lipinski definition) is 2. The third kappa shape index (κ3) is 4.44. The summed E-state index contributed by atoms with van der Waals surface area (Å²) in [5, 5.41) is 12.0. The highest BCUT2D eigenvalue weighted by Crippen LogP contribution is 2.37. The molecule has 0 bridgehead atoms. The molecule has 10 heteroatoms. The molecule has 2 N–H and O–H groups in total. The van der Waals surface area contributed by atoms with E-state index >= 15 is 0 Å². The molecule has 0 spiro atoms. The Balaban J connectivity index is 1.53. The fraction of sp³-hybridized carbons (Fsp3) is 0.375. The number of carbonyl (C=O) groups is 1. The SMILES string of the molecule is O=C(Nc1ncc(CO)s1)C1CC(Oc2cc(F)ccc2OC(F)F)C1. The third-order valence-electron chi connectivity index (χ3n) is 3.82. The zero-order chi connectivity index (χ0) is 18.7. The van der Waals surface area contributed by atoms with Crippen molar-refractivity contribution < 1.29 is 32.5 Å². The first-order valence-corrected chi connectivity index (χ1v) is 8.53. The Hall–Kier alpha value is -2.33. The lowest BCUT2D eigenvalue weighted by molar-refractivity contribution is -0.125. The van der Waals surface area contributed by atoms with E-state index in [1.807, 2.05) is 0 Å². The lowest BCUT2D eigenvalue weighted by Crippen LogP contribution is -2.40. The van der Waals surface area contributed by atoms with Gasteiger partial charge in [-0.1, -0.05) is 11.3 Å². The van der Waals surface area contributed by atoms with Gasteiger partial charge in [-0.2, -0.15) is 8.78 Å². The lowest BCUT2D eigenvalue weighted by atomic mass is 9.81. The number of nitrogens with one attached hydrogen (secondary N) is 1. The normalized spacial score (nSPS) is 19.1. The summed E-state index contributed by atoms with van der Waals surface area (Å²) in [6.07, 6.45) is 1.78. The maximum atomic E-state index is 13.3. The average molecular weight is 388 g/mol. The van der Waals surface area contributed by atoms with Crippen LogP contribution in [0.15, 0.2) is 24.4 Å². The number of ether oxygens (including phenoxy) is 2. The maximum Gasteiger partial charge on any atom is 0.387 e. The Labute approximate surface area is 150 Å². The highest BCUT2D eigenvalue weighted by Gasteiger charge is 2.37. The Morgan fingerprint density at radius 2 is 2.15 bits per heavy atom. The topological polar surface area (TPSA) is 80.7 Å². The Kier molecular flexibility index (Phi) is 5.62. The number of alkyl halides is 2. The van der Waals surface area contributed by atoms with E-state index in [9.17, 15) is 18.0 Å². The second kappa shape index (κ2) is 7.92. The van der Waals surface area contributed by atoms with E-state index in [4.69, 9.17) is 9.84 Å². The third-order valence-corrected chi connectivity index (χ3v) is 4.72. The van der Waals surface area contributed by atoms with Crippen molar-refractivity contribution in [3.63, 3.8) is 0 Å². The molecule has 6 nitrogen and oxygen atoms in total. The first-order valence-electron chi connectivity index (χ1n) is 7.72. The van der Waals surface area contributed by atoms with Gasteiger partial charge in [0, 0.05) is 18.2 Å². The minimum Gasteiger partial charge on any atom is -0.486 e. The number of amides is 1. The summed E-state index contributed by atoms with van der Waals surface area (Å²) >= 11 is 1.17. The molecule has 1 saturated carbocycles. The molecule has 0 atom stereocenters. The van der Waals surface area contributed by atoms with Crippen molar-refractivity contribution in [2.45, 2.75) is 32.2 Å². The van der Waals surface area contributed by atoms with Crippen molar-refractivity contribution in [2.75, 3.05) is 5.32 Å². The Bertz CT molecular complexity index is 781. The zero-order valence-corrected chi connectivity index (χ0v) is 14.1. The summed E-state index contributed by atoms with van der Waals surface area (Å²) in [5.74, 6) is -1.59. The van der Waals surface area contributed by atoms with E-state index in [1.165, 1.54) is 17.5 Å². The monoisotopic (exact) mass is 388 g/mol. The van der Waals surface area contributed by atoms with Crippen LogP contribution in [0.1, 0.15) is 17.7 Å². The number of aromatic nitrogens is 1. The highest BCUT2D eigenvalue weighted by atomic mass is 32.1. The van der Waals surface area contributed by atoms with E-state index in [0.717, 1.165) is 18.2 Å². The summed E-state index contributed by atoms with van der Waals surface area (Å²) in [4.78, 5) is 16.7. The quantitative estimate of drug-likeness (QED) is 0.762. The number of aliphatic hydroxyl groups is 1. The van der Waals surface area contributed by atoms with Gasteiger partial charge in [-0.15, -0.1) is 0 Å². The smallest absolute Gasteiger partial charge is 0.387 e. The highest BCUT2D eigenvalue weighted by molar-refractivity contribution is 7.15. The average Bonchev–Trinajstić information content (AvgIpc) is 2.99. The predicted octanol–water partition coefficient (Wildman–Crippen LogP) is 3.17. The molecule has 1 aromatic carbocycles. The van der Waals surface area contributed by atoms with Gasteiger partial charge in [0.15, 0.2) is 16.6 Å². The van der Waals surface area contributed by atoms with E-state index in [2.05, 4.69) is 15.0 Å². The fourth-order valence-electron chi connectivity index (χ4n) is 2.47. The summed E-state index contributed by atoms with van der Waals surface area (Å²) in [6, 6.07) is 3.04. The summed E-state index contributed by atoms with van der Waals surface area (Å²) in [6.45, 7) is -3.20. The van der Waals surface area contributed by atoms with E-state index in [1.54, 1.807) is 0 Å². The minimum absolute atomic E-state index is 0.123. The van der Waals surface area contributed by atoms with Gasteiger partial charge in [-0.3, -0.25) is 4.79 Å². The van der Waals surface area contributed by atoms with Crippen molar-refractivity contribution in [3.8, 4) is 11.5 Å². The number of thiazole rings is 1.